The smallest absolute Gasteiger partial charge is 0.407 e. The minimum absolute atomic E-state index is 0.0201. The summed E-state index contributed by atoms with van der Waals surface area (Å²) in [5.41, 5.74) is 5.25. The van der Waals surface area contributed by atoms with E-state index >= 15 is 0 Å². The summed E-state index contributed by atoms with van der Waals surface area (Å²) in [6, 6.07) is 21.7. The molecule has 3 aromatic carbocycles. The van der Waals surface area contributed by atoms with Gasteiger partial charge in [-0.15, -0.1) is 0 Å². The Kier molecular flexibility index (Phi) is 8.00. The Morgan fingerprint density at radius 1 is 0.842 bits per heavy atom. The summed E-state index contributed by atoms with van der Waals surface area (Å²) in [4.78, 5) is 36.1. The lowest BCUT2D eigenvalue weighted by Gasteiger charge is -2.21. The maximum absolute atomic E-state index is 12.6. The van der Waals surface area contributed by atoms with Gasteiger partial charge < -0.3 is 30.0 Å². The number of aliphatic carboxylic acids is 1. The first-order chi connectivity index (χ1) is 18.1. The van der Waals surface area contributed by atoms with Crippen molar-refractivity contribution in [2.45, 2.75) is 51.3 Å². The number of carbonyl (C=O) groups is 3. The van der Waals surface area contributed by atoms with Gasteiger partial charge in [0.2, 0.25) is 0 Å². The maximum atomic E-state index is 12.6. The van der Waals surface area contributed by atoms with Crippen molar-refractivity contribution in [3.63, 3.8) is 0 Å². The van der Waals surface area contributed by atoms with Crippen LogP contribution in [0.1, 0.15) is 48.9 Å². The normalized spacial score (nSPS) is 13.1. The van der Waals surface area contributed by atoms with E-state index in [-0.39, 0.29) is 25.5 Å². The van der Waals surface area contributed by atoms with Gasteiger partial charge in [0.25, 0.3) is 0 Å². The summed E-state index contributed by atoms with van der Waals surface area (Å²) in [5.74, 6) is -1.54. The van der Waals surface area contributed by atoms with Crippen LogP contribution in [0, 0.1) is 0 Å². The van der Waals surface area contributed by atoms with Crippen LogP contribution in [0.3, 0.4) is 0 Å². The van der Waals surface area contributed by atoms with Gasteiger partial charge in [-0.25, -0.2) is 9.59 Å². The monoisotopic (exact) mass is 515 g/mol. The third kappa shape index (κ3) is 6.70. The molecule has 3 aromatic rings. The Morgan fingerprint density at radius 2 is 1.39 bits per heavy atom. The molecular weight excluding hydrogens is 484 g/mol. The molecule has 0 saturated heterocycles. The van der Waals surface area contributed by atoms with Gasteiger partial charge in [-0.1, -0.05) is 72.8 Å². The molecule has 198 valence electrons. The molecule has 0 aliphatic heterocycles. The molecule has 0 bridgehead atoms. The molecule has 2 N–H and O–H groups in total. The fourth-order valence-electron chi connectivity index (χ4n) is 4.49. The third-order valence-electron chi connectivity index (χ3n) is 6.22. The predicted octanol–water partition coefficient (Wildman–Crippen LogP) is 3.91. The van der Waals surface area contributed by atoms with Crippen molar-refractivity contribution in [3.8, 4) is 11.1 Å². The highest BCUT2D eigenvalue weighted by Crippen LogP contribution is 2.44. The van der Waals surface area contributed by atoms with Gasteiger partial charge in [0.05, 0.1) is 12.0 Å². The highest BCUT2D eigenvalue weighted by molar-refractivity contribution is 5.80. The lowest BCUT2D eigenvalue weighted by Crippen LogP contribution is -2.49. The Hall–Kier alpha value is -4.33. The molecule has 8 heteroatoms. The number of amides is 2. The van der Waals surface area contributed by atoms with Crippen LogP contribution in [0.2, 0.25) is 0 Å². The van der Waals surface area contributed by atoms with Crippen molar-refractivity contribution >= 4 is 18.2 Å². The van der Waals surface area contributed by atoms with Crippen LogP contribution in [0.15, 0.2) is 72.8 Å². The first kappa shape index (κ1) is 26.7. The number of hydrogen-bond donors (Lipinski definition) is 2. The highest BCUT2D eigenvalue weighted by atomic mass is 16.6. The second-order valence-corrected chi connectivity index (χ2v) is 10.2. The van der Waals surface area contributed by atoms with Crippen LogP contribution in [0.25, 0.3) is 11.1 Å². The second-order valence-electron chi connectivity index (χ2n) is 10.2. The molecule has 38 heavy (non-hydrogen) atoms. The maximum Gasteiger partial charge on any atom is 0.407 e. The van der Waals surface area contributed by atoms with Crippen molar-refractivity contribution in [3.05, 3.63) is 95.1 Å². The van der Waals surface area contributed by atoms with Gasteiger partial charge in [0, 0.05) is 12.5 Å². The number of carbonyl (C=O) groups excluding carboxylic acids is 3. The van der Waals surface area contributed by atoms with Crippen molar-refractivity contribution in [2.24, 2.45) is 0 Å². The number of nitrogens with one attached hydrogen (secondary N) is 2. The van der Waals surface area contributed by atoms with E-state index in [4.69, 9.17) is 9.47 Å². The topological polar surface area (TPSA) is 117 Å². The fourth-order valence-corrected chi connectivity index (χ4v) is 4.49. The molecule has 0 heterocycles. The summed E-state index contributed by atoms with van der Waals surface area (Å²) < 4.78 is 10.7. The second kappa shape index (κ2) is 11.4. The first-order valence-corrected chi connectivity index (χ1v) is 12.5. The van der Waals surface area contributed by atoms with E-state index in [0.29, 0.717) is 5.56 Å². The van der Waals surface area contributed by atoms with E-state index in [1.165, 1.54) is 0 Å². The van der Waals surface area contributed by atoms with Crippen molar-refractivity contribution < 1.29 is 29.0 Å². The number of fused-ring (bicyclic) bond motifs is 3. The molecule has 1 aliphatic carbocycles. The number of benzene rings is 3. The molecular formula is C30H31N2O6-. The number of carboxylic acid groups (broad SMARTS) is 1. The number of carboxylic acids is 1. The summed E-state index contributed by atoms with van der Waals surface area (Å²) >= 11 is 0. The van der Waals surface area contributed by atoms with Crippen molar-refractivity contribution in [1.29, 1.82) is 0 Å². The van der Waals surface area contributed by atoms with Gasteiger partial charge in [-0.2, -0.15) is 0 Å². The molecule has 0 radical (unpaired) electrons. The fraction of sp³-hybridized carbons (Fsp3) is 0.300. The summed E-state index contributed by atoms with van der Waals surface area (Å²) in [6.45, 7) is 5.69. The predicted molar refractivity (Wildman–Crippen MR) is 140 cm³/mol. The molecule has 1 aliphatic rings. The number of alkyl carbamates (subject to hydrolysis) is 2. The van der Waals surface area contributed by atoms with E-state index in [1.54, 1.807) is 45.0 Å². The average molecular weight is 516 g/mol. The zero-order valence-corrected chi connectivity index (χ0v) is 21.7. The van der Waals surface area contributed by atoms with Crippen LogP contribution in [-0.2, 0) is 27.2 Å². The van der Waals surface area contributed by atoms with E-state index in [0.717, 1.165) is 27.8 Å². The van der Waals surface area contributed by atoms with Crippen LogP contribution < -0.4 is 15.7 Å². The lowest BCUT2D eigenvalue weighted by molar-refractivity contribution is -0.308. The van der Waals surface area contributed by atoms with E-state index in [9.17, 15) is 19.5 Å². The average Bonchev–Trinajstić information content (AvgIpc) is 3.19. The van der Waals surface area contributed by atoms with Crippen LogP contribution in [0.4, 0.5) is 9.59 Å². The SMILES string of the molecule is CC(C)(C)OC(=O)NCc1ccc(C[C@H](NC(=O)OCC2c3ccccc3-c3ccccc32)C(=O)[O-])cc1. The Morgan fingerprint density at radius 3 is 1.95 bits per heavy atom. The molecule has 4 rings (SSSR count). The van der Waals surface area contributed by atoms with E-state index in [1.807, 2.05) is 48.5 Å². The van der Waals surface area contributed by atoms with Crippen molar-refractivity contribution in [1.82, 2.24) is 10.6 Å². The first-order valence-electron chi connectivity index (χ1n) is 12.5. The summed E-state index contributed by atoms with van der Waals surface area (Å²) in [6.07, 6.45) is -1.32. The van der Waals surface area contributed by atoms with Gasteiger partial charge >= 0.3 is 12.2 Å². The molecule has 0 saturated carbocycles. The Labute approximate surface area is 222 Å². The minimum atomic E-state index is -1.41. The van der Waals surface area contributed by atoms with Gasteiger partial charge in [-0.3, -0.25) is 0 Å². The minimum Gasteiger partial charge on any atom is -0.548 e. The standard InChI is InChI=1S/C30H32N2O6/c1-30(2,3)38-28(35)31-17-20-14-12-19(13-15-20)16-26(27(33)34)32-29(36)37-18-25-23-10-6-4-8-21(23)22-9-5-7-11-24(22)25/h4-15,25-26H,16-18H2,1-3H3,(H,31,35)(H,32,36)(H,33,34)/p-1/t26-/m0/s1. The molecule has 8 nitrogen and oxygen atoms in total. The molecule has 2 amide bonds. The van der Waals surface area contributed by atoms with Gasteiger partial charge in [0.15, 0.2) is 0 Å². The quantitative estimate of drug-likeness (QED) is 0.470. The molecule has 0 fully saturated rings. The zero-order chi connectivity index (χ0) is 27.3. The molecule has 0 unspecified atom stereocenters. The van der Waals surface area contributed by atoms with E-state index in [2.05, 4.69) is 10.6 Å². The van der Waals surface area contributed by atoms with Crippen LogP contribution in [0.5, 0.6) is 0 Å². The largest absolute Gasteiger partial charge is 0.548 e. The van der Waals surface area contributed by atoms with E-state index < -0.39 is 29.8 Å². The Bertz CT molecular complexity index is 1270. The van der Waals surface area contributed by atoms with Crippen LogP contribution >= 0.6 is 0 Å². The summed E-state index contributed by atoms with van der Waals surface area (Å²) in [5, 5.41) is 16.8. The molecule has 0 aromatic heterocycles. The third-order valence-corrected chi connectivity index (χ3v) is 6.22. The molecule has 1 atom stereocenters. The highest BCUT2D eigenvalue weighted by Gasteiger charge is 2.29. The van der Waals surface area contributed by atoms with Gasteiger partial charge in [0.1, 0.15) is 12.2 Å². The number of rotatable bonds is 8. The number of ether oxygens (including phenoxy) is 2. The number of hydrogen-bond acceptors (Lipinski definition) is 6. The lowest BCUT2D eigenvalue weighted by atomic mass is 9.98. The summed E-state index contributed by atoms with van der Waals surface area (Å²) in [7, 11) is 0. The van der Waals surface area contributed by atoms with Crippen molar-refractivity contribution in [2.75, 3.05) is 6.61 Å². The Balaban J connectivity index is 1.31. The van der Waals surface area contributed by atoms with Gasteiger partial charge in [-0.05, 0) is 60.6 Å². The molecule has 0 spiro atoms. The van der Waals surface area contributed by atoms with Crippen LogP contribution in [-0.4, -0.2) is 36.4 Å². The zero-order valence-electron chi connectivity index (χ0n) is 21.7.